The molecule has 2 rings (SSSR count). The summed E-state index contributed by atoms with van der Waals surface area (Å²) >= 11 is 0. The van der Waals surface area contributed by atoms with Gasteiger partial charge in [-0.3, -0.25) is 4.90 Å². The van der Waals surface area contributed by atoms with Gasteiger partial charge in [-0.05, 0) is 39.3 Å². The lowest BCUT2D eigenvalue weighted by molar-refractivity contribution is -0.137. The smallest absolute Gasteiger partial charge is 0.411 e. The number of amides is 1. The van der Waals surface area contributed by atoms with Gasteiger partial charge < -0.3 is 14.2 Å². The van der Waals surface area contributed by atoms with Crippen LogP contribution in [0.4, 0.5) is 9.18 Å². The molecule has 6 nitrogen and oxygen atoms in total. The second-order valence-corrected chi connectivity index (χ2v) is 8.06. The fourth-order valence-electron chi connectivity index (χ4n) is 3.19. The molecule has 1 aromatic carbocycles. The Kier molecular flexibility index (Phi) is 7.79. The normalized spacial score (nSPS) is 22.1. The number of esters is 1. The summed E-state index contributed by atoms with van der Waals surface area (Å²) in [5, 5.41) is 0. The molecule has 1 aliphatic rings. The van der Waals surface area contributed by atoms with Crippen molar-refractivity contribution in [2.75, 3.05) is 19.8 Å². The van der Waals surface area contributed by atoms with Gasteiger partial charge in [0.1, 0.15) is 11.8 Å². The van der Waals surface area contributed by atoms with Crippen LogP contribution in [0.2, 0.25) is 0 Å². The quantitative estimate of drug-likeness (QED) is 0.504. The monoisotopic (exact) mass is 407 g/mol. The van der Waals surface area contributed by atoms with Gasteiger partial charge >= 0.3 is 12.1 Å². The average Bonchev–Trinajstić information content (AvgIpc) is 2.97. The highest BCUT2D eigenvalue weighted by Crippen LogP contribution is 2.35. The van der Waals surface area contributed by atoms with Crippen molar-refractivity contribution in [1.29, 1.82) is 0 Å². The first kappa shape index (κ1) is 22.9. The molecule has 29 heavy (non-hydrogen) atoms. The first-order chi connectivity index (χ1) is 13.6. The fraction of sp³-hybridized carbons (Fsp3) is 0.545. The van der Waals surface area contributed by atoms with E-state index in [1.54, 1.807) is 27.7 Å². The highest BCUT2D eigenvalue weighted by molar-refractivity contribution is 5.82. The molecule has 0 unspecified atom stereocenters. The van der Waals surface area contributed by atoms with Crippen molar-refractivity contribution < 1.29 is 28.2 Å². The molecular formula is C22H30FNO5. The van der Waals surface area contributed by atoms with E-state index in [0.717, 1.165) is 5.56 Å². The molecule has 7 heteroatoms. The molecule has 0 aliphatic carbocycles. The van der Waals surface area contributed by atoms with Crippen LogP contribution in [-0.4, -0.2) is 54.0 Å². The van der Waals surface area contributed by atoms with Gasteiger partial charge in [0.25, 0.3) is 0 Å². The zero-order chi connectivity index (χ0) is 21.5. The molecule has 1 aliphatic heterocycles. The van der Waals surface area contributed by atoms with Crippen LogP contribution >= 0.6 is 0 Å². The summed E-state index contributed by atoms with van der Waals surface area (Å²) in [5.41, 5.74) is -0.911. The third-order valence-corrected chi connectivity index (χ3v) is 4.39. The minimum Gasteiger partial charge on any atom is -0.463 e. The molecule has 0 N–H and O–H groups in total. The third-order valence-electron chi connectivity index (χ3n) is 4.39. The van der Waals surface area contributed by atoms with E-state index in [4.69, 9.17) is 14.2 Å². The summed E-state index contributed by atoms with van der Waals surface area (Å²) < 4.78 is 30.7. The lowest BCUT2D eigenvalue weighted by Crippen LogP contribution is -2.51. The number of halogens is 1. The molecule has 1 amide bonds. The maximum Gasteiger partial charge on any atom is 0.411 e. The zero-order valence-electron chi connectivity index (χ0n) is 17.5. The first-order valence-corrected chi connectivity index (χ1v) is 9.77. The number of likely N-dealkylation sites (tertiary alicyclic amines) is 1. The Labute approximate surface area is 171 Å². The van der Waals surface area contributed by atoms with Gasteiger partial charge in [0.15, 0.2) is 0 Å². The standard InChI is InChI=1S/C22H30FNO5/c1-5-28-19(25)11-12-22(16-27-15-17-9-7-6-8-10-17)13-18(23)14-24(22)20(26)29-21(2,3)4/h6-12,18H,5,13-16H2,1-4H3/b12-11+/t18-,22+/m1/s1. The molecule has 0 spiro atoms. The Morgan fingerprint density at radius 2 is 1.97 bits per heavy atom. The van der Waals surface area contributed by atoms with Crippen LogP contribution in [0, 0.1) is 0 Å². The number of carbonyl (C=O) groups excluding carboxylic acids is 2. The maximum atomic E-state index is 14.4. The summed E-state index contributed by atoms with van der Waals surface area (Å²) in [6, 6.07) is 9.53. The van der Waals surface area contributed by atoms with E-state index in [1.165, 1.54) is 17.1 Å². The van der Waals surface area contributed by atoms with Crippen LogP contribution in [0.25, 0.3) is 0 Å². The van der Waals surface area contributed by atoms with Crippen LogP contribution in [0.15, 0.2) is 42.5 Å². The minimum absolute atomic E-state index is 0.0109. The highest BCUT2D eigenvalue weighted by atomic mass is 19.1. The molecule has 160 valence electrons. The summed E-state index contributed by atoms with van der Waals surface area (Å²) in [4.78, 5) is 25.9. The van der Waals surface area contributed by atoms with Crippen LogP contribution in [0.3, 0.4) is 0 Å². The van der Waals surface area contributed by atoms with E-state index < -0.39 is 29.4 Å². The molecule has 0 bridgehead atoms. The van der Waals surface area contributed by atoms with Gasteiger partial charge in [0, 0.05) is 12.5 Å². The first-order valence-electron chi connectivity index (χ1n) is 9.77. The number of alkyl halides is 1. The van der Waals surface area contributed by atoms with E-state index >= 15 is 0 Å². The van der Waals surface area contributed by atoms with Gasteiger partial charge in [0.05, 0.1) is 31.9 Å². The zero-order valence-corrected chi connectivity index (χ0v) is 17.5. The van der Waals surface area contributed by atoms with Gasteiger partial charge in [-0.2, -0.15) is 0 Å². The Hall–Kier alpha value is -2.41. The Bertz CT molecular complexity index is 716. The molecule has 0 aromatic heterocycles. The maximum absolute atomic E-state index is 14.4. The number of ether oxygens (including phenoxy) is 3. The summed E-state index contributed by atoms with van der Waals surface area (Å²) in [7, 11) is 0. The predicted octanol–water partition coefficient (Wildman–Crippen LogP) is 4.04. The minimum atomic E-state index is -1.25. The van der Waals surface area contributed by atoms with Crippen LogP contribution in [0.1, 0.15) is 39.7 Å². The molecule has 1 fully saturated rings. The van der Waals surface area contributed by atoms with Crippen molar-refractivity contribution in [3.8, 4) is 0 Å². The Morgan fingerprint density at radius 1 is 1.28 bits per heavy atom. The van der Waals surface area contributed by atoms with Gasteiger partial charge in [-0.25, -0.2) is 14.0 Å². The van der Waals surface area contributed by atoms with Crippen LogP contribution < -0.4 is 0 Å². The topological polar surface area (TPSA) is 65.1 Å². The summed E-state index contributed by atoms with van der Waals surface area (Å²) in [6.07, 6.45) is 0.838. The number of benzene rings is 1. The number of hydrogen-bond acceptors (Lipinski definition) is 5. The van der Waals surface area contributed by atoms with E-state index in [-0.39, 0.29) is 26.2 Å². The van der Waals surface area contributed by atoms with Crippen LogP contribution in [-0.2, 0) is 25.6 Å². The lowest BCUT2D eigenvalue weighted by atomic mass is 9.96. The molecule has 1 heterocycles. The molecule has 0 radical (unpaired) electrons. The van der Waals surface area contributed by atoms with E-state index in [9.17, 15) is 14.0 Å². The molecule has 2 atom stereocenters. The van der Waals surface area contributed by atoms with Crippen molar-refractivity contribution >= 4 is 12.1 Å². The number of carbonyl (C=O) groups is 2. The average molecular weight is 407 g/mol. The number of nitrogens with zero attached hydrogens (tertiary/aromatic N) is 1. The van der Waals surface area contributed by atoms with Gasteiger partial charge in [0.2, 0.25) is 0 Å². The lowest BCUT2D eigenvalue weighted by Gasteiger charge is -2.36. The SMILES string of the molecule is CCOC(=O)/C=C/[C@@]1(COCc2ccccc2)C[C@@H](F)CN1C(=O)OC(C)(C)C. The third kappa shape index (κ3) is 6.85. The van der Waals surface area contributed by atoms with Crippen molar-refractivity contribution in [3.63, 3.8) is 0 Å². The van der Waals surface area contributed by atoms with Gasteiger partial charge in [-0.1, -0.05) is 30.3 Å². The van der Waals surface area contributed by atoms with Gasteiger partial charge in [-0.15, -0.1) is 0 Å². The molecular weight excluding hydrogens is 377 g/mol. The molecule has 0 saturated carbocycles. The second kappa shape index (κ2) is 9.87. The molecule has 1 saturated heterocycles. The van der Waals surface area contributed by atoms with E-state index in [0.29, 0.717) is 6.61 Å². The molecule has 1 aromatic rings. The Balaban J connectivity index is 2.23. The Morgan fingerprint density at radius 3 is 2.59 bits per heavy atom. The van der Waals surface area contributed by atoms with Crippen molar-refractivity contribution in [1.82, 2.24) is 4.90 Å². The summed E-state index contributed by atoms with van der Waals surface area (Å²) in [6.45, 7) is 7.36. The number of rotatable bonds is 7. The second-order valence-electron chi connectivity index (χ2n) is 8.06. The fourth-order valence-corrected chi connectivity index (χ4v) is 3.19. The van der Waals surface area contributed by atoms with Crippen molar-refractivity contribution in [3.05, 3.63) is 48.0 Å². The number of hydrogen-bond donors (Lipinski definition) is 0. The van der Waals surface area contributed by atoms with Crippen LogP contribution in [0.5, 0.6) is 0 Å². The predicted molar refractivity (Wildman–Crippen MR) is 107 cm³/mol. The van der Waals surface area contributed by atoms with Crippen molar-refractivity contribution in [2.45, 2.75) is 58.0 Å². The van der Waals surface area contributed by atoms with E-state index in [1.807, 2.05) is 30.3 Å². The van der Waals surface area contributed by atoms with Crippen molar-refractivity contribution in [2.24, 2.45) is 0 Å². The van der Waals surface area contributed by atoms with E-state index in [2.05, 4.69) is 0 Å². The highest BCUT2D eigenvalue weighted by Gasteiger charge is 2.48. The largest absolute Gasteiger partial charge is 0.463 e. The summed E-state index contributed by atoms with van der Waals surface area (Å²) in [5.74, 6) is -0.554.